The lowest BCUT2D eigenvalue weighted by Gasteiger charge is -2.42. The molecule has 2 N–H and O–H groups in total. The highest BCUT2D eigenvalue weighted by molar-refractivity contribution is 5.19. The first-order valence-electron chi connectivity index (χ1n) is 4.67. The van der Waals surface area contributed by atoms with E-state index in [1.54, 1.807) is 0 Å². The van der Waals surface area contributed by atoms with Crippen LogP contribution in [0.4, 0.5) is 0 Å². The summed E-state index contributed by atoms with van der Waals surface area (Å²) in [6.45, 7) is 1.99. The van der Waals surface area contributed by atoms with Crippen molar-refractivity contribution in [3.05, 3.63) is 12.2 Å². The molecule has 68 valence electrons. The van der Waals surface area contributed by atoms with Crippen molar-refractivity contribution in [1.29, 1.82) is 0 Å². The van der Waals surface area contributed by atoms with E-state index in [0.717, 1.165) is 19.3 Å². The summed E-state index contributed by atoms with van der Waals surface area (Å²) in [6.07, 6.45) is 6.91. The fourth-order valence-electron chi connectivity index (χ4n) is 2.57. The number of aliphatic hydroxyl groups is 2. The van der Waals surface area contributed by atoms with E-state index in [0.29, 0.717) is 6.42 Å². The summed E-state index contributed by atoms with van der Waals surface area (Å²) >= 11 is 0. The molecule has 0 spiro atoms. The van der Waals surface area contributed by atoms with Gasteiger partial charge < -0.3 is 10.2 Å². The van der Waals surface area contributed by atoms with Gasteiger partial charge in [-0.15, -0.1) is 0 Å². The van der Waals surface area contributed by atoms with Crippen molar-refractivity contribution in [2.24, 2.45) is 5.41 Å². The maximum absolute atomic E-state index is 10.2. The van der Waals surface area contributed by atoms with Gasteiger partial charge in [0.05, 0.1) is 11.7 Å². The molecule has 2 heteroatoms. The van der Waals surface area contributed by atoms with Crippen LogP contribution >= 0.6 is 0 Å². The molecule has 0 amide bonds. The Balaban J connectivity index is 2.39. The third kappa shape index (κ3) is 0.824. The fourth-order valence-corrected chi connectivity index (χ4v) is 2.57. The van der Waals surface area contributed by atoms with E-state index in [-0.39, 0.29) is 11.5 Å². The van der Waals surface area contributed by atoms with E-state index < -0.39 is 5.60 Å². The molecule has 2 nitrogen and oxygen atoms in total. The number of hydrogen-bond acceptors (Lipinski definition) is 2. The molecule has 0 aliphatic heterocycles. The van der Waals surface area contributed by atoms with Gasteiger partial charge in [-0.05, 0) is 25.7 Å². The molecular formula is C10H16O2. The van der Waals surface area contributed by atoms with Crippen LogP contribution in [-0.2, 0) is 0 Å². The number of hydrogen-bond donors (Lipinski definition) is 2. The van der Waals surface area contributed by atoms with E-state index >= 15 is 0 Å². The summed E-state index contributed by atoms with van der Waals surface area (Å²) in [7, 11) is 0. The molecular weight excluding hydrogens is 152 g/mol. The molecule has 0 heterocycles. The Kier molecular flexibility index (Phi) is 1.61. The number of fused-ring (bicyclic) bond motifs is 1. The van der Waals surface area contributed by atoms with Gasteiger partial charge in [-0.3, -0.25) is 0 Å². The standard InChI is InChI=1S/C10H16O2/c1-9-5-2-3-6-10(9,12)7-4-8(9)11/h3,6,8,11-12H,2,4-5,7H2,1H3/t8-,9+,10+/m0/s1. The number of allylic oxidation sites excluding steroid dienone is 1. The molecule has 3 atom stereocenters. The van der Waals surface area contributed by atoms with E-state index in [1.165, 1.54) is 0 Å². The zero-order valence-electron chi connectivity index (χ0n) is 7.45. The van der Waals surface area contributed by atoms with Crippen molar-refractivity contribution in [1.82, 2.24) is 0 Å². The second-order valence-corrected chi connectivity index (χ2v) is 4.34. The van der Waals surface area contributed by atoms with Gasteiger partial charge in [0.15, 0.2) is 0 Å². The fraction of sp³-hybridized carbons (Fsp3) is 0.800. The summed E-state index contributed by atoms with van der Waals surface area (Å²) in [5.74, 6) is 0. The van der Waals surface area contributed by atoms with Crippen LogP contribution in [0.2, 0.25) is 0 Å². The molecule has 2 aliphatic rings. The van der Waals surface area contributed by atoms with Crippen molar-refractivity contribution in [3.63, 3.8) is 0 Å². The zero-order valence-corrected chi connectivity index (χ0v) is 7.45. The van der Waals surface area contributed by atoms with Crippen LogP contribution in [0.3, 0.4) is 0 Å². The molecule has 2 aliphatic carbocycles. The highest BCUT2D eigenvalue weighted by atomic mass is 16.3. The van der Waals surface area contributed by atoms with Crippen molar-refractivity contribution >= 4 is 0 Å². The smallest absolute Gasteiger partial charge is 0.0906 e. The van der Waals surface area contributed by atoms with E-state index in [2.05, 4.69) is 0 Å². The Hall–Kier alpha value is -0.340. The van der Waals surface area contributed by atoms with Gasteiger partial charge in [0.1, 0.15) is 0 Å². The van der Waals surface area contributed by atoms with Gasteiger partial charge in [0.2, 0.25) is 0 Å². The summed E-state index contributed by atoms with van der Waals surface area (Å²) < 4.78 is 0. The average molecular weight is 168 g/mol. The van der Waals surface area contributed by atoms with Crippen LogP contribution in [0.25, 0.3) is 0 Å². The largest absolute Gasteiger partial charge is 0.392 e. The summed E-state index contributed by atoms with van der Waals surface area (Å²) in [5, 5.41) is 19.9. The highest BCUT2D eigenvalue weighted by Gasteiger charge is 2.55. The van der Waals surface area contributed by atoms with Crippen LogP contribution in [-0.4, -0.2) is 21.9 Å². The maximum atomic E-state index is 10.2. The monoisotopic (exact) mass is 168 g/mol. The lowest BCUT2D eigenvalue weighted by atomic mass is 9.68. The Morgan fingerprint density at radius 1 is 1.42 bits per heavy atom. The molecule has 1 saturated carbocycles. The average Bonchev–Trinajstić information content (AvgIpc) is 2.28. The van der Waals surface area contributed by atoms with Gasteiger partial charge in [-0.2, -0.15) is 0 Å². The second kappa shape index (κ2) is 2.33. The Morgan fingerprint density at radius 3 is 2.83 bits per heavy atom. The maximum Gasteiger partial charge on any atom is 0.0906 e. The lowest BCUT2D eigenvalue weighted by Crippen LogP contribution is -2.46. The van der Waals surface area contributed by atoms with Gasteiger partial charge >= 0.3 is 0 Å². The van der Waals surface area contributed by atoms with E-state index in [1.807, 2.05) is 19.1 Å². The van der Waals surface area contributed by atoms with Crippen LogP contribution in [0.15, 0.2) is 12.2 Å². The molecule has 0 saturated heterocycles. The quantitative estimate of drug-likeness (QED) is 0.534. The van der Waals surface area contributed by atoms with Gasteiger partial charge in [0, 0.05) is 5.41 Å². The van der Waals surface area contributed by atoms with Crippen molar-refractivity contribution < 1.29 is 10.2 Å². The zero-order chi connectivity index (χ0) is 8.82. The summed E-state index contributed by atoms with van der Waals surface area (Å²) in [4.78, 5) is 0. The van der Waals surface area contributed by atoms with Crippen LogP contribution in [0.5, 0.6) is 0 Å². The van der Waals surface area contributed by atoms with Crippen LogP contribution in [0, 0.1) is 5.41 Å². The van der Waals surface area contributed by atoms with E-state index in [9.17, 15) is 10.2 Å². The second-order valence-electron chi connectivity index (χ2n) is 4.34. The Morgan fingerprint density at radius 2 is 2.17 bits per heavy atom. The van der Waals surface area contributed by atoms with Gasteiger partial charge in [-0.25, -0.2) is 0 Å². The third-order valence-corrected chi connectivity index (χ3v) is 3.75. The number of rotatable bonds is 0. The topological polar surface area (TPSA) is 40.5 Å². The Bertz CT molecular complexity index is 224. The van der Waals surface area contributed by atoms with Gasteiger partial charge in [0.25, 0.3) is 0 Å². The van der Waals surface area contributed by atoms with Crippen LogP contribution in [0.1, 0.15) is 32.6 Å². The normalized spacial score (nSPS) is 52.4. The van der Waals surface area contributed by atoms with Crippen molar-refractivity contribution in [2.45, 2.75) is 44.3 Å². The highest BCUT2D eigenvalue weighted by Crippen LogP contribution is 2.52. The van der Waals surface area contributed by atoms with E-state index in [4.69, 9.17) is 0 Å². The summed E-state index contributed by atoms with van der Waals surface area (Å²) in [5.41, 5.74) is -1.02. The minimum Gasteiger partial charge on any atom is -0.392 e. The summed E-state index contributed by atoms with van der Waals surface area (Å²) in [6, 6.07) is 0. The SMILES string of the molecule is C[C@]12CCC=C[C@@]1(O)CC[C@@H]2O. The minimum absolute atomic E-state index is 0.290. The number of aliphatic hydroxyl groups excluding tert-OH is 1. The van der Waals surface area contributed by atoms with Crippen molar-refractivity contribution in [3.8, 4) is 0 Å². The Labute approximate surface area is 72.9 Å². The van der Waals surface area contributed by atoms with Gasteiger partial charge in [-0.1, -0.05) is 19.1 Å². The molecule has 0 aromatic carbocycles. The predicted molar refractivity (Wildman–Crippen MR) is 46.7 cm³/mol. The first-order valence-corrected chi connectivity index (χ1v) is 4.67. The molecule has 1 fully saturated rings. The predicted octanol–water partition coefficient (Wildman–Crippen LogP) is 1.23. The lowest BCUT2D eigenvalue weighted by molar-refractivity contribution is -0.0685. The third-order valence-electron chi connectivity index (χ3n) is 3.75. The molecule has 12 heavy (non-hydrogen) atoms. The first-order chi connectivity index (χ1) is 5.58. The van der Waals surface area contributed by atoms with Crippen molar-refractivity contribution in [2.75, 3.05) is 0 Å². The minimum atomic E-state index is -0.731. The molecule has 0 radical (unpaired) electrons. The molecule has 2 rings (SSSR count). The van der Waals surface area contributed by atoms with Crippen LogP contribution < -0.4 is 0 Å². The molecule has 0 bridgehead atoms. The molecule has 0 aromatic heterocycles. The first kappa shape index (κ1) is 8.27. The molecule has 0 aromatic rings. The molecule has 0 unspecified atom stereocenters.